The second-order valence-electron chi connectivity index (χ2n) is 7.29. The summed E-state index contributed by atoms with van der Waals surface area (Å²) in [5, 5.41) is 3.11. The number of hydrogen-bond donors (Lipinski definition) is 1. The van der Waals surface area contributed by atoms with E-state index in [0.717, 1.165) is 17.7 Å². The second-order valence-corrected chi connectivity index (χ2v) is 8.37. The molecule has 5 nitrogen and oxygen atoms in total. The average molecular weight is 353 g/mol. The van der Waals surface area contributed by atoms with Crippen LogP contribution in [0, 0.1) is 0 Å². The Morgan fingerprint density at radius 2 is 1.96 bits per heavy atom. The molecule has 2 amide bonds. The van der Waals surface area contributed by atoms with E-state index in [2.05, 4.69) is 26.1 Å². The fourth-order valence-corrected chi connectivity index (χ4v) is 3.71. The van der Waals surface area contributed by atoms with E-state index in [-0.39, 0.29) is 23.3 Å². The van der Waals surface area contributed by atoms with Crippen LogP contribution in [0.4, 0.5) is 0 Å². The normalized spacial score (nSPS) is 16.2. The van der Waals surface area contributed by atoms with E-state index < -0.39 is 0 Å². The van der Waals surface area contributed by atoms with Gasteiger partial charge in [-0.25, -0.2) is 0 Å². The lowest BCUT2D eigenvalue weighted by molar-refractivity contribution is -0.133. The minimum atomic E-state index is -0.000315. The fraction of sp³-hybridized carbons (Fsp3) is 0.667. The molecule has 134 valence electrons. The summed E-state index contributed by atoms with van der Waals surface area (Å²) in [5.41, 5.74) is 0.0666. The lowest BCUT2D eigenvalue weighted by atomic mass is 9.95. The lowest BCUT2D eigenvalue weighted by Crippen LogP contribution is -2.46. The first-order valence-corrected chi connectivity index (χ1v) is 9.31. The molecule has 0 spiro atoms. The molecule has 1 N–H and O–H groups in total. The van der Waals surface area contributed by atoms with Crippen molar-refractivity contribution in [3.63, 3.8) is 0 Å². The van der Waals surface area contributed by atoms with Crippen molar-refractivity contribution >= 4 is 23.2 Å². The van der Waals surface area contributed by atoms with Crippen molar-refractivity contribution in [1.82, 2.24) is 10.2 Å². The van der Waals surface area contributed by atoms with Crippen molar-refractivity contribution in [3.8, 4) is 0 Å². The monoisotopic (exact) mass is 352 g/mol. The van der Waals surface area contributed by atoms with Gasteiger partial charge in [-0.1, -0.05) is 20.8 Å². The highest BCUT2D eigenvalue weighted by Crippen LogP contribution is 2.29. The van der Waals surface area contributed by atoms with E-state index in [1.54, 1.807) is 18.4 Å². The minimum Gasteiger partial charge on any atom is -0.384 e. The third-order valence-electron chi connectivity index (χ3n) is 4.27. The zero-order valence-electron chi connectivity index (χ0n) is 15.1. The summed E-state index contributed by atoms with van der Waals surface area (Å²) in [6.07, 6.45) is 2.04. The molecule has 0 saturated carbocycles. The van der Waals surface area contributed by atoms with Gasteiger partial charge < -0.3 is 15.0 Å². The standard InChI is InChI=1S/C18H28N2O3S/c1-18(2,3)15-6-5-14(24-15)17(22)19-13-7-10-20(11-8-13)16(21)9-12-23-4/h5-6,13H,7-12H2,1-4H3,(H,19,22). The highest BCUT2D eigenvalue weighted by molar-refractivity contribution is 7.14. The molecule has 0 aliphatic carbocycles. The number of methoxy groups -OCH3 is 1. The van der Waals surface area contributed by atoms with Crippen LogP contribution in [0.15, 0.2) is 12.1 Å². The second kappa shape index (κ2) is 8.12. The Hall–Kier alpha value is -1.40. The molecule has 1 aromatic rings. The summed E-state index contributed by atoms with van der Waals surface area (Å²) in [6, 6.07) is 4.09. The number of carbonyl (C=O) groups is 2. The van der Waals surface area contributed by atoms with Crippen LogP contribution in [-0.2, 0) is 14.9 Å². The topological polar surface area (TPSA) is 58.6 Å². The first-order chi connectivity index (χ1) is 11.3. The Bertz CT molecular complexity index is 569. The fourth-order valence-electron chi connectivity index (χ4n) is 2.74. The van der Waals surface area contributed by atoms with E-state index >= 15 is 0 Å². The van der Waals surface area contributed by atoms with E-state index in [9.17, 15) is 9.59 Å². The maximum atomic E-state index is 12.4. The summed E-state index contributed by atoms with van der Waals surface area (Å²) < 4.78 is 4.95. The number of likely N-dealkylation sites (tertiary alicyclic amines) is 1. The van der Waals surface area contributed by atoms with Gasteiger partial charge >= 0.3 is 0 Å². The highest BCUT2D eigenvalue weighted by Gasteiger charge is 2.25. The molecule has 1 aliphatic heterocycles. The maximum Gasteiger partial charge on any atom is 0.261 e. The quantitative estimate of drug-likeness (QED) is 0.886. The Morgan fingerprint density at radius 3 is 2.50 bits per heavy atom. The summed E-state index contributed by atoms with van der Waals surface area (Å²) >= 11 is 1.56. The maximum absolute atomic E-state index is 12.4. The average Bonchev–Trinajstić information content (AvgIpc) is 3.03. The van der Waals surface area contributed by atoms with Gasteiger partial charge in [0.05, 0.1) is 17.9 Å². The van der Waals surface area contributed by atoms with Gasteiger partial charge in [-0.3, -0.25) is 9.59 Å². The molecule has 0 atom stereocenters. The first-order valence-electron chi connectivity index (χ1n) is 8.49. The molecule has 0 radical (unpaired) electrons. The number of amides is 2. The lowest BCUT2D eigenvalue weighted by Gasteiger charge is -2.32. The number of piperidine rings is 1. The van der Waals surface area contributed by atoms with Gasteiger partial charge in [-0.05, 0) is 30.4 Å². The van der Waals surface area contributed by atoms with Crippen molar-refractivity contribution in [2.75, 3.05) is 26.8 Å². The molecular weight excluding hydrogens is 324 g/mol. The van der Waals surface area contributed by atoms with Crippen LogP contribution in [0.3, 0.4) is 0 Å². The Morgan fingerprint density at radius 1 is 1.29 bits per heavy atom. The van der Waals surface area contributed by atoms with Crippen molar-refractivity contribution in [3.05, 3.63) is 21.9 Å². The molecule has 0 aromatic carbocycles. The predicted octanol–water partition coefficient (Wildman–Crippen LogP) is 2.80. The number of hydrogen-bond acceptors (Lipinski definition) is 4. The minimum absolute atomic E-state index is 0.000315. The van der Waals surface area contributed by atoms with Crippen LogP contribution in [-0.4, -0.2) is 49.6 Å². The molecule has 6 heteroatoms. The van der Waals surface area contributed by atoms with Gasteiger partial charge in [0.2, 0.25) is 5.91 Å². The largest absolute Gasteiger partial charge is 0.384 e. The number of nitrogens with zero attached hydrogens (tertiary/aromatic N) is 1. The zero-order chi connectivity index (χ0) is 17.7. The SMILES string of the molecule is COCCC(=O)N1CCC(NC(=O)c2ccc(C(C)(C)C)s2)CC1. The van der Waals surface area contributed by atoms with Gasteiger partial charge in [0.1, 0.15) is 0 Å². The highest BCUT2D eigenvalue weighted by atomic mass is 32.1. The third kappa shape index (κ3) is 5.05. The molecule has 0 unspecified atom stereocenters. The number of ether oxygens (including phenoxy) is 1. The van der Waals surface area contributed by atoms with Gasteiger partial charge in [-0.2, -0.15) is 0 Å². The molecule has 2 heterocycles. The van der Waals surface area contributed by atoms with Crippen LogP contribution in [0.2, 0.25) is 0 Å². The molecular formula is C18H28N2O3S. The summed E-state index contributed by atoms with van der Waals surface area (Å²) in [7, 11) is 1.60. The van der Waals surface area contributed by atoms with E-state index in [1.807, 2.05) is 17.0 Å². The molecule has 1 aromatic heterocycles. The number of thiophene rings is 1. The molecule has 24 heavy (non-hydrogen) atoms. The van der Waals surface area contributed by atoms with Crippen LogP contribution >= 0.6 is 11.3 Å². The Balaban J connectivity index is 1.82. The summed E-state index contributed by atoms with van der Waals surface area (Å²) in [5.74, 6) is 0.134. The van der Waals surface area contributed by atoms with Crippen molar-refractivity contribution in [2.24, 2.45) is 0 Å². The number of rotatable bonds is 5. The molecule has 1 aliphatic rings. The van der Waals surface area contributed by atoms with Crippen molar-refractivity contribution in [1.29, 1.82) is 0 Å². The Labute approximate surface area is 148 Å². The van der Waals surface area contributed by atoms with Crippen LogP contribution in [0.5, 0.6) is 0 Å². The Kier molecular flexibility index (Phi) is 6.40. The zero-order valence-corrected chi connectivity index (χ0v) is 15.9. The van der Waals surface area contributed by atoms with E-state index in [0.29, 0.717) is 26.1 Å². The van der Waals surface area contributed by atoms with Crippen molar-refractivity contribution < 1.29 is 14.3 Å². The van der Waals surface area contributed by atoms with Crippen molar-refractivity contribution in [2.45, 2.75) is 51.5 Å². The van der Waals surface area contributed by atoms with Gasteiger partial charge in [0.15, 0.2) is 0 Å². The van der Waals surface area contributed by atoms with Crippen LogP contribution in [0.1, 0.15) is 54.6 Å². The number of carbonyl (C=O) groups excluding carboxylic acids is 2. The molecule has 1 fully saturated rings. The van der Waals surface area contributed by atoms with E-state index in [4.69, 9.17) is 4.74 Å². The summed E-state index contributed by atoms with van der Waals surface area (Å²) in [4.78, 5) is 28.2. The van der Waals surface area contributed by atoms with Gasteiger partial charge in [0.25, 0.3) is 5.91 Å². The summed E-state index contributed by atoms with van der Waals surface area (Å²) in [6.45, 7) is 8.31. The van der Waals surface area contributed by atoms with E-state index in [1.165, 1.54) is 4.88 Å². The van der Waals surface area contributed by atoms with Crippen LogP contribution in [0.25, 0.3) is 0 Å². The smallest absolute Gasteiger partial charge is 0.261 e. The molecule has 0 bridgehead atoms. The van der Waals surface area contributed by atoms with Gasteiger partial charge in [-0.15, -0.1) is 11.3 Å². The van der Waals surface area contributed by atoms with Crippen LogP contribution < -0.4 is 5.32 Å². The molecule has 2 rings (SSSR count). The molecule has 1 saturated heterocycles. The first kappa shape index (κ1) is 18.9. The van der Waals surface area contributed by atoms with Gasteiger partial charge in [0, 0.05) is 31.1 Å². The number of nitrogens with one attached hydrogen (secondary N) is 1. The predicted molar refractivity (Wildman–Crippen MR) is 96.6 cm³/mol. The third-order valence-corrected chi connectivity index (χ3v) is 5.78.